The van der Waals surface area contributed by atoms with Crippen molar-refractivity contribution in [3.63, 3.8) is 0 Å². The maximum Gasteiger partial charge on any atom is 0.177 e. The Hall–Kier alpha value is -1.82. The average Bonchev–Trinajstić information content (AvgIpc) is 2.56. The minimum atomic E-state index is -3.34. The molecule has 0 radical (unpaired) electrons. The molecular formula is C12H15N3O2S. The van der Waals surface area contributed by atoms with Crippen molar-refractivity contribution in [2.24, 2.45) is 0 Å². The van der Waals surface area contributed by atoms with Crippen molar-refractivity contribution in [1.82, 2.24) is 9.78 Å². The van der Waals surface area contributed by atoms with Gasteiger partial charge in [-0.05, 0) is 32.0 Å². The fourth-order valence-corrected chi connectivity index (χ4v) is 2.74. The summed E-state index contributed by atoms with van der Waals surface area (Å²) in [5.41, 5.74) is 8.52. The number of para-hydroxylation sites is 1. The van der Waals surface area contributed by atoms with Crippen LogP contribution in [0.4, 0.5) is 5.69 Å². The number of benzene rings is 1. The molecule has 0 saturated carbocycles. The number of anilines is 1. The molecule has 0 unspecified atom stereocenters. The number of hydrogen-bond donors (Lipinski definition) is 1. The summed E-state index contributed by atoms with van der Waals surface area (Å²) in [5, 5.41) is 4.31. The molecular weight excluding hydrogens is 250 g/mol. The van der Waals surface area contributed by atoms with Crippen molar-refractivity contribution >= 4 is 15.5 Å². The van der Waals surface area contributed by atoms with Gasteiger partial charge in [-0.15, -0.1) is 0 Å². The van der Waals surface area contributed by atoms with E-state index in [0.29, 0.717) is 5.69 Å². The highest BCUT2D eigenvalue weighted by atomic mass is 32.2. The summed E-state index contributed by atoms with van der Waals surface area (Å²) in [6.45, 7) is 3.77. The van der Waals surface area contributed by atoms with Crippen LogP contribution in [0.3, 0.4) is 0 Å². The molecule has 2 N–H and O–H groups in total. The summed E-state index contributed by atoms with van der Waals surface area (Å²) in [6, 6.07) is 6.83. The second-order valence-corrected chi connectivity index (χ2v) is 6.28. The summed E-state index contributed by atoms with van der Waals surface area (Å²) in [5.74, 6) is 0. The number of nitrogens with two attached hydrogens (primary N) is 1. The third-order valence-electron chi connectivity index (χ3n) is 2.68. The Morgan fingerprint density at radius 1 is 1.28 bits per heavy atom. The zero-order valence-electron chi connectivity index (χ0n) is 10.5. The highest BCUT2D eigenvalue weighted by Gasteiger charge is 2.16. The minimum Gasteiger partial charge on any atom is -0.396 e. The molecule has 1 heterocycles. The number of aryl methyl sites for hydroxylation is 2. The van der Waals surface area contributed by atoms with Crippen LogP contribution in [0.15, 0.2) is 29.2 Å². The minimum absolute atomic E-state index is 0.132. The summed E-state index contributed by atoms with van der Waals surface area (Å²) < 4.78 is 24.9. The second-order valence-electron chi connectivity index (χ2n) is 4.30. The van der Waals surface area contributed by atoms with Crippen molar-refractivity contribution in [1.29, 1.82) is 0 Å². The van der Waals surface area contributed by atoms with Gasteiger partial charge in [-0.25, -0.2) is 13.1 Å². The predicted molar refractivity (Wildman–Crippen MR) is 70.6 cm³/mol. The fraction of sp³-hybridized carbons (Fsp3) is 0.250. The van der Waals surface area contributed by atoms with Crippen LogP contribution in [0.2, 0.25) is 0 Å². The van der Waals surface area contributed by atoms with E-state index in [9.17, 15) is 8.42 Å². The van der Waals surface area contributed by atoms with E-state index >= 15 is 0 Å². The molecule has 1 aromatic heterocycles. The van der Waals surface area contributed by atoms with Crippen molar-refractivity contribution in [3.05, 3.63) is 35.7 Å². The van der Waals surface area contributed by atoms with E-state index in [0.717, 1.165) is 17.6 Å². The maximum atomic E-state index is 11.6. The zero-order chi connectivity index (χ0) is 13.5. The second kappa shape index (κ2) is 4.13. The first-order chi connectivity index (χ1) is 8.30. The molecule has 5 nitrogen and oxygen atoms in total. The standard InChI is InChI=1S/C12H15N3O2S/c1-8-7-9(2)15(14-8)10-5-4-6-11(12(10)13)18(3,16)17/h4-7H,13H2,1-3H3. The van der Waals surface area contributed by atoms with E-state index in [1.54, 1.807) is 16.8 Å². The Morgan fingerprint density at radius 2 is 1.94 bits per heavy atom. The third kappa shape index (κ3) is 2.11. The molecule has 2 aromatic rings. The first-order valence-electron chi connectivity index (χ1n) is 5.43. The van der Waals surface area contributed by atoms with Crippen molar-refractivity contribution < 1.29 is 8.42 Å². The van der Waals surface area contributed by atoms with E-state index in [4.69, 9.17) is 5.73 Å². The molecule has 0 fully saturated rings. The predicted octanol–water partition coefficient (Wildman–Crippen LogP) is 1.47. The van der Waals surface area contributed by atoms with E-state index in [1.165, 1.54) is 6.07 Å². The molecule has 0 atom stereocenters. The molecule has 0 aliphatic heterocycles. The SMILES string of the molecule is Cc1cc(C)n(-c2cccc(S(C)(=O)=O)c2N)n1. The van der Waals surface area contributed by atoms with Crippen molar-refractivity contribution in [3.8, 4) is 5.69 Å². The molecule has 18 heavy (non-hydrogen) atoms. The Kier molecular flexibility index (Phi) is 2.90. The smallest absolute Gasteiger partial charge is 0.177 e. The van der Waals surface area contributed by atoms with Gasteiger partial charge in [0.2, 0.25) is 0 Å². The van der Waals surface area contributed by atoms with E-state index < -0.39 is 9.84 Å². The maximum absolute atomic E-state index is 11.6. The van der Waals surface area contributed by atoms with Crippen LogP contribution in [0.1, 0.15) is 11.4 Å². The van der Waals surface area contributed by atoms with Crippen LogP contribution in [-0.4, -0.2) is 24.5 Å². The Balaban J connectivity index is 2.71. The summed E-state index contributed by atoms with van der Waals surface area (Å²) in [7, 11) is -3.34. The first-order valence-corrected chi connectivity index (χ1v) is 7.32. The number of nitrogen functional groups attached to an aromatic ring is 1. The number of rotatable bonds is 2. The molecule has 1 aromatic carbocycles. The zero-order valence-corrected chi connectivity index (χ0v) is 11.3. The average molecular weight is 265 g/mol. The van der Waals surface area contributed by atoms with Crippen LogP contribution in [0.25, 0.3) is 5.69 Å². The topological polar surface area (TPSA) is 78.0 Å². The highest BCUT2D eigenvalue weighted by Crippen LogP contribution is 2.26. The number of nitrogens with zero attached hydrogens (tertiary/aromatic N) is 2. The van der Waals surface area contributed by atoms with Crippen molar-refractivity contribution in [2.45, 2.75) is 18.7 Å². The molecule has 0 aliphatic rings. The quantitative estimate of drug-likeness (QED) is 0.834. The van der Waals surface area contributed by atoms with Gasteiger partial charge in [0, 0.05) is 11.9 Å². The Labute approximate surface area is 106 Å². The molecule has 0 spiro atoms. The lowest BCUT2D eigenvalue weighted by Gasteiger charge is -2.11. The molecule has 96 valence electrons. The van der Waals surface area contributed by atoms with Gasteiger partial charge in [0.15, 0.2) is 9.84 Å². The summed E-state index contributed by atoms with van der Waals surface area (Å²) >= 11 is 0. The highest BCUT2D eigenvalue weighted by molar-refractivity contribution is 7.90. The molecule has 0 saturated heterocycles. The Bertz CT molecular complexity index is 702. The molecule has 0 amide bonds. The van der Waals surface area contributed by atoms with Gasteiger partial charge in [0.1, 0.15) is 0 Å². The van der Waals surface area contributed by atoms with Crippen LogP contribution < -0.4 is 5.73 Å². The van der Waals surface area contributed by atoms with Crippen LogP contribution in [0.5, 0.6) is 0 Å². The molecule has 0 bridgehead atoms. The van der Waals surface area contributed by atoms with E-state index in [2.05, 4.69) is 5.10 Å². The van der Waals surface area contributed by atoms with Gasteiger partial charge in [-0.2, -0.15) is 5.10 Å². The monoisotopic (exact) mass is 265 g/mol. The lowest BCUT2D eigenvalue weighted by atomic mass is 10.2. The molecule has 2 rings (SSSR count). The molecule has 6 heteroatoms. The van der Waals surface area contributed by atoms with Crippen molar-refractivity contribution in [2.75, 3.05) is 12.0 Å². The van der Waals surface area contributed by atoms with E-state index in [1.807, 2.05) is 19.9 Å². The normalized spacial score (nSPS) is 11.7. The Morgan fingerprint density at radius 3 is 2.44 bits per heavy atom. The first kappa shape index (κ1) is 12.6. The largest absolute Gasteiger partial charge is 0.396 e. The van der Waals surface area contributed by atoms with Gasteiger partial charge < -0.3 is 5.73 Å². The molecule has 0 aliphatic carbocycles. The van der Waals surface area contributed by atoms with Crippen LogP contribution in [0, 0.1) is 13.8 Å². The van der Waals surface area contributed by atoms with Gasteiger partial charge in [-0.1, -0.05) is 6.07 Å². The van der Waals surface area contributed by atoms with E-state index in [-0.39, 0.29) is 10.6 Å². The van der Waals surface area contributed by atoms with Gasteiger partial charge in [0.25, 0.3) is 0 Å². The third-order valence-corrected chi connectivity index (χ3v) is 3.84. The summed E-state index contributed by atoms with van der Waals surface area (Å²) in [6.07, 6.45) is 1.14. The number of hydrogen-bond acceptors (Lipinski definition) is 4. The number of aromatic nitrogens is 2. The van der Waals surface area contributed by atoms with Gasteiger partial charge in [-0.3, -0.25) is 0 Å². The summed E-state index contributed by atoms with van der Waals surface area (Å²) in [4.78, 5) is 0.132. The lowest BCUT2D eigenvalue weighted by molar-refractivity contribution is 0.602. The van der Waals surface area contributed by atoms with Gasteiger partial charge in [0.05, 0.1) is 22.0 Å². The lowest BCUT2D eigenvalue weighted by Crippen LogP contribution is -2.08. The van der Waals surface area contributed by atoms with Gasteiger partial charge >= 0.3 is 0 Å². The van der Waals surface area contributed by atoms with Crippen LogP contribution >= 0.6 is 0 Å². The number of sulfone groups is 1. The van der Waals surface area contributed by atoms with Crippen LogP contribution in [-0.2, 0) is 9.84 Å². The fourth-order valence-electron chi connectivity index (χ4n) is 1.91.